The highest BCUT2D eigenvalue weighted by Gasteiger charge is 2.46. The van der Waals surface area contributed by atoms with Gasteiger partial charge in [-0.2, -0.15) is 0 Å². The minimum Gasteiger partial charge on any atom is -0.367 e. The number of morpholine rings is 1. The molecule has 0 saturated carbocycles. The van der Waals surface area contributed by atoms with E-state index in [4.69, 9.17) is 4.74 Å². The van der Waals surface area contributed by atoms with E-state index in [9.17, 15) is 9.59 Å². The molecule has 0 aliphatic carbocycles. The summed E-state index contributed by atoms with van der Waals surface area (Å²) in [6, 6.07) is 7.55. The van der Waals surface area contributed by atoms with Gasteiger partial charge in [-0.25, -0.2) is 0 Å². The third kappa shape index (κ3) is 2.52. The Morgan fingerprint density at radius 2 is 2.14 bits per heavy atom. The van der Waals surface area contributed by atoms with Crippen LogP contribution in [-0.2, 0) is 20.0 Å². The highest BCUT2D eigenvalue weighted by atomic mass is 16.5. The molecule has 2 N–H and O–H groups in total. The normalized spacial score (nSPS) is 25.4. The fourth-order valence-corrected chi connectivity index (χ4v) is 3.02. The largest absolute Gasteiger partial charge is 0.367 e. The van der Waals surface area contributed by atoms with E-state index >= 15 is 0 Å². The van der Waals surface area contributed by atoms with E-state index < -0.39 is 5.66 Å². The molecule has 21 heavy (non-hydrogen) atoms. The maximum Gasteiger partial charge on any atom is 0.250 e. The van der Waals surface area contributed by atoms with Gasteiger partial charge in [0, 0.05) is 19.2 Å². The summed E-state index contributed by atoms with van der Waals surface area (Å²) < 4.78 is 5.48. The molecule has 0 spiro atoms. The van der Waals surface area contributed by atoms with Crippen LogP contribution in [0.25, 0.3) is 0 Å². The lowest BCUT2D eigenvalue weighted by Gasteiger charge is -2.50. The van der Waals surface area contributed by atoms with Crippen LogP contribution in [0.1, 0.15) is 18.9 Å². The quantitative estimate of drug-likeness (QED) is 0.838. The van der Waals surface area contributed by atoms with Crippen molar-refractivity contribution in [2.75, 3.05) is 31.6 Å². The second kappa shape index (κ2) is 5.46. The molecule has 0 radical (unpaired) electrons. The molecule has 2 saturated heterocycles. The third-order valence-corrected chi connectivity index (χ3v) is 3.96. The molecule has 2 aliphatic rings. The van der Waals surface area contributed by atoms with Crippen molar-refractivity contribution >= 4 is 17.5 Å². The standard InChI is InChI=1S/C15H19N3O3/c1-11(19)17-13-5-3-12(4-6-13)15-10-21-9-14(20)18(15)8-2-7-16-15/h3-6,16H,2,7-10H2,1H3,(H,17,19). The summed E-state index contributed by atoms with van der Waals surface area (Å²) in [6.07, 6.45) is 0.942. The molecule has 2 amide bonds. The van der Waals surface area contributed by atoms with E-state index in [1.165, 1.54) is 6.92 Å². The number of nitrogens with one attached hydrogen (secondary N) is 2. The van der Waals surface area contributed by atoms with Gasteiger partial charge in [-0.05, 0) is 30.7 Å². The van der Waals surface area contributed by atoms with Gasteiger partial charge in [0.05, 0.1) is 6.61 Å². The lowest BCUT2D eigenvalue weighted by atomic mass is 9.93. The first-order valence-corrected chi connectivity index (χ1v) is 7.13. The maximum atomic E-state index is 12.1. The molecule has 2 heterocycles. The van der Waals surface area contributed by atoms with Gasteiger partial charge in [-0.1, -0.05) is 12.1 Å². The third-order valence-electron chi connectivity index (χ3n) is 3.96. The predicted octanol–water partition coefficient (Wildman–Crippen LogP) is 0.650. The van der Waals surface area contributed by atoms with Crippen molar-refractivity contribution in [2.45, 2.75) is 19.0 Å². The number of ether oxygens (including phenoxy) is 1. The van der Waals surface area contributed by atoms with Crippen molar-refractivity contribution in [3.05, 3.63) is 29.8 Å². The SMILES string of the molecule is CC(=O)Nc1ccc(C23COCC(=O)N2CCCN3)cc1. The molecule has 1 unspecified atom stereocenters. The molecule has 6 heteroatoms. The molecule has 1 aromatic carbocycles. The number of rotatable bonds is 2. The highest BCUT2D eigenvalue weighted by Crippen LogP contribution is 2.32. The van der Waals surface area contributed by atoms with Gasteiger partial charge < -0.3 is 15.0 Å². The van der Waals surface area contributed by atoms with Gasteiger partial charge in [-0.3, -0.25) is 14.9 Å². The van der Waals surface area contributed by atoms with Crippen molar-refractivity contribution in [3.63, 3.8) is 0 Å². The second-order valence-electron chi connectivity index (χ2n) is 5.44. The van der Waals surface area contributed by atoms with Gasteiger partial charge in [0.25, 0.3) is 0 Å². The monoisotopic (exact) mass is 289 g/mol. The van der Waals surface area contributed by atoms with Crippen LogP contribution in [0, 0.1) is 0 Å². The van der Waals surface area contributed by atoms with Crippen molar-refractivity contribution in [1.29, 1.82) is 0 Å². The summed E-state index contributed by atoms with van der Waals surface area (Å²) in [5.74, 6) is -0.0890. The molecular formula is C15H19N3O3. The number of anilines is 1. The van der Waals surface area contributed by atoms with Gasteiger partial charge in [0.2, 0.25) is 11.8 Å². The first kappa shape index (κ1) is 14.0. The number of carbonyl (C=O) groups is 2. The van der Waals surface area contributed by atoms with Crippen LogP contribution in [-0.4, -0.2) is 43.0 Å². The maximum absolute atomic E-state index is 12.1. The number of hydrogen-bond donors (Lipinski definition) is 2. The molecule has 0 aromatic heterocycles. The number of benzene rings is 1. The van der Waals surface area contributed by atoms with E-state index in [0.29, 0.717) is 6.61 Å². The van der Waals surface area contributed by atoms with E-state index in [2.05, 4.69) is 10.6 Å². The van der Waals surface area contributed by atoms with Gasteiger partial charge in [0.1, 0.15) is 12.3 Å². The Labute approximate surface area is 123 Å². The van der Waals surface area contributed by atoms with Crippen LogP contribution in [0.3, 0.4) is 0 Å². The number of amides is 2. The number of hydrogen-bond acceptors (Lipinski definition) is 4. The summed E-state index contributed by atoms with van der Waals surface area (Å²) in [4.78, 5) is 25.1. The van der Waals surface area contributed by atoms with Gasteiger partial charge in [-0.15, -0.1) is 0 Å². The van der Waals surface area contributed by atoms with Crippen LogP contribution in [0.15, 0.2) is 24.3 Å². The predicted molar refractivity (Wildman–Crippen MR) is 77.6 cm³/mol. The molecule has 112 valence electrons. The number of carbonyl (C=O) groups excluding carboxylic acids is 2. The van der Waals surface area contributed by atoms with Crippen molar-refractivity contribution in [3.8, 4) is 0 Å². The summed E-state index contributed by atoms with van der Waals surface area (Å²) in [5, 5.41) is 6.18. The Bertz CT molecular complexity index is 554. The number of fused-ring (bicyclic) bond motifs is 1. The first-order chi connectivity index (χ1) is 10.1. The summed E-state index contributed by atoms with van der Waals surface area (Å²) in [7, 11) is 0. The van der Waals surface area contributed by atoms with Crippen LogP contribution >= 0.6 is 0 Å². The lowest BCUT2D eigenvalue weighted by molar-refractivity contribution is -0.167. The fraction of sp³-hybridized carbons (Fsp3) is 0.467. The summed E-state index contributed by atoms with van der Waals surface area (Å²) in [5.41, 5.74) is 1.14. The van der Waals surface area contributed by atoms with Crippen molar-refractivity contribution in [1.82, 2.24) is 10.2 Å². The zero-order valence-corrected chi connectivity index (χ0v) is 12.0. The average Bonchev–Trinajstić information content (AvgIpc) is 2.48. The lowest BCUT2D eigenvalue weighted by Crippen LogP contribution is -2.67. The van der Waals surface area contributed by atoms with Gasteiger partial charge in [0.15, 0.2) is 0 Å². The van der Waals surface area contributed by atoms with E-state index in [1.807, 2.05) is 29.2 Å². The second-order valence-corrected chi connectivity index (χ2v) is 5.44. The highest BCUT2D eigenvalue weighted by molar-refractivity contribution is 5.88. The van der Waals surface area contributed by atoms with Gasteiger partial charge >= 0.3 is 0 Å². The zero-order chi connectivity index (χ0) is 14.9. The van der Waals surface area contributed by atoms with Crippen LogP contribution in [0.5, 0.6) is 0 Å². The summed E-state index contributed by atoms with van der Waals surface area (Å²) in [6.45, 7) is 3.65. The van der Waals surface area contributed by atoms with E-state index in [1.54, 1.807) is 0 Å². The Kier molecular flexibility index (Phi) is 3.65. The zero-order valence-electron chi connectivity index (χ0n) is 12.0. The molecule has 1 aromatic rings. The Morgan fingerprint density at radius 3 is 2.86 bits per heavy atom. The van der Waals surface area contributed by atoms with E-state index in [0.717, 1.165) is 30.8 Å². The topological polar surface area (TPSA) is 70.7 Å². The minimum absolute atomic E-state index is 0.0133. The van der Waals surface area contributed by atoms with Crippen molar-refractivity contribution < 1.29 is 14.3 Å². The van der Waals surface area contributed by atoms with Crippen LogP contribution in [0.4, 0.5) is 5.69 Å². The molecule has 2 aliphatic heterocycles. The smallest absolute Gasteiger partial charge is 0.250 e. The Morgan fingerprint density at radius 1 is 1.38 bits per heavy atom. The molecule has 3 rings (SSSR count). The Hall–Kier alpha value is -1.92. The minimum atomic E-state index is -0.581. The fourth-order valence-electron chi connectivity index (χ4n) is 3.02. The molecule has 1 atom stereocenters. The molecule has 2 fully saturated rings. The Balaban J connectivity index is 1.92. The first-order valence-electron chi connectivity index (χ1n) is 7.13. The summed E-state index contributed by atoms with van der Waals surface area (Å²) >= 11 is 0. The average molecular weight is 289 g/mol. The van der Waals surface area contributed by atoms with Crippen LogP contribution < -0.4 is 10.6 Å². The number of nitrogens with zero attached hydrogens (tertiary/aromatic N) is 1. The van der Waals surface area contributed by atoms with Crippen LogP contribution in [0.2, 0.25) is 0 Å². The molecule has 0 bridgehead atoms. The molecular weight excluding hydrogens is 270 g/mol. The van der Waals surface area contributed by atoms with E-state index in [-0.39, 0.29) is 18.4 Å². The van der Waals surface area contributed by atoms with Crippen molar-refractivity contribution in [2.24, 2.45) is 0 Å². The molecule has 6 nitrogen and oxygen atoms in total.